The highest BCUT2D eigenvalue weighted by Crippen LogP contribution is 2.11. The first-order valence-corrected chi connectivity index (χ1v) is 5.86. The number of rotatable bonds is 7. The zero-order valence-electron chi connectivity index (χ0n) is 8.44. The number of amides is 1. The summed E-state index contributed by atoms with van der Waals surface area (Å²) >= 11 is 8.43. The van der Waals surface area contributed by atoms with Crippen LogP contribution in [0.15, 0.2) is 0 Å². The Balaban J connectivity index is 3.51. The van der Waals surface area contributed by atoms with Crippen LogP contribution in [0, 0.1) is 0 Å². The monoisotopic (exact) mass is 237 g/mol. The topological polar surface area (TPSA) is 49.3 Å². The van der Waals surface area contributed by atoms with E-state index in [2.05, 4.69) is 30.6 Å². The van der Waals surface area contributed by atoms with Gasteiger partial charge in [-0.2, -0.15) is 25.3 Å². The second kappa shape index (κ2) is 8.44. The third-order valence-electron chi connectivity index (χ3n) is 1.81. The lowest BCUT2D eigenvalue weighted by atomic mass is 10.1. The molecular weight excluding hydrogens is 218 g/mol. The molecule has 0 saturated heterocycles. The Labute approximate surface area is 96.5 Å². The van der Waals surface area contributed by atoms with Crippen molar-refractivity contribution in [2.24, 2.45) is 0 Å². The van der Waals surface area contributed by atoms with Gasteiger partial charge in [0.25, 0.3) is 0 Å². The molecule has 14 heavy (non-hydrogen) atoms. The molecule has 0 bridgehead atoms. The van der Waals surface area contributed by atoms with E-state index >= 15 is 0 Å². The number of nitrogens with one attached hydrogen (secondary N) is 1. The average molecular weight is 237 g/mol. The van der Waals surface area contributed by atoms with E-state index in [4.69, 9.17) is 5.11 Å². The van der Waals surface area contributed by atoms with Gasteiger partial charge in [0.1, 0.15) is 0 Å². The summed E-state index contributed by atoms with van der Waals surface area (Å²) in [6, 6.07) is 0. The molecule has 0 aromatic carbocycles. The lowest BCUT2D eigenvalue weighted by molar-refractivity contribution is -0.120. The number of carbonyl (C=O) groups is 1. The maximum Gasteiger partial charge on any atom is 0.232 e. The highest BCUT2D eigenvalue weighted by atomic mass is 32.1. The predicted octanol–water partition coefficient (Wildman–Crippen LogP) is 0.882. The first-order chi connectivity index (χ1) is 6.57. The molecule has 1 amide bonds. The van der Waals surface area contributed by atoms with Gasteiger partial charge in [0.2, 0.25) is 5.91 Å². The van der Waals surface area contributed by atoms with Crippen LogP contribution < -0.4 is 5.32 Å². The Kier molecular flexibility index (Phi) is 8.52. The highest BCUT2D eigenvalue weighted by molar-refractivity contribution is 7.81. The minimum absolute atomic E-state index is 0.0279. The van der Waals surface area contributed by atoms with Gasteiger partial charge in [-0.15, -0.1) is 0 Å². The Morgan fingerprint density at radius 3 is 2.57 bits per heavy atom. The molecule has 0 spiro atoms. The molecule has 0 radical (unpaired) electrons. The quantitative estimate of drug-likeness (QED) is 0.497. The molecule has 2 N–H and O–H groups in total. The van der Waals surface area contributed by atoms with Crippen molar-refractivity contribution in [3.63, 3.8) is 0 Å². The summed E-state index contributed by atoms with van der Waals surface area (Å²) in [6.45, 7) is 2.31. The summed E-state index contributed by atoms with van der Waals surface area (Å²) in [6.07, 6.45) is 2.70. The van der Waals surface area contributed by atoms with Gasteiger partial charge in [0.15, 0.2) is 0 Å². The summed E-state index contributed by atoms with van der Waals surface area (Å²) in [5, 5.41) is 11.2. The predicted molar refractivity (Wildman–Crippen MR) is 65.2 cm³/mol. The van der Waals surface area contributed by atoms with Crippen LogP contribution in [0.5, 0.6) is 0 Å². The lowest BCUT2D eigenvalue weighted by Crippen LogP contribution is -2.33. The van der Waals surface area contributed by atoms with Crippen LogP contribution in [-0.2, 0) is 4.79 Å². The maximum atomic E-state index is 11.3. The van der Waals surface area contributed by atoms with E-state index in [0.29, 0.717) is 11.8 Å². The van der Waals surface area contributed by atoms with Gasteiger partial charge >= 0.3 is 0 Å². The Morgan fingerprint density at radius 2 is 2.07 bits per heavy atom. The van der Waals surface area contributed by atoms with E-state index in [1.807, 2.05) is 6.92 Å². The van der Waals surface area contributed by atoms with Crippen LogP contribution in [0.25, 0.3) is 0 Å². The van der Waals surface area contributed by atoms with E-state index in [1.54, 1.807) is 0 Å². The van der Waals surface area contributed by atoms with Crippen LogP contribution in [0.2, 0.25) is 0 Å². The van der Waals surface area contributed by atoms with Crippen LogP contribution in [0.4, 0.5) is 0 Å². The fourth-order valence-electron chi connectivity index (χ4n) is 1.03. The molecule has 0 aromatic rings. The third kappa shape index (κ3) is 7.53. The van der Waals surface area contributed by atoms with Crippen molar-refractivity contribution in [1.29, 1.82) is 0 Å². The molecule has 5 heteroatoms. The van der Waals surface area contributed by atoms with Gasteiger partial charge in [-0.05, 0) is 18.1 Å². The van der Waals surface area contributed by atoms with Crippen molar-refractivity contribution in [3.8, 4) is 0 Å². The first-order valence-electron chi connectivity index (χ1n) is 4.82. The second-order valence-electron chi connectivity index (χ2n) is 3.31. The number of aliphatic hydroxyl groups is 1. The molecular formula is C9H19NO2S2. The van der Waals surface area contributed by atoms with Gasteiger partial charge < -0.3 is 10.4 Å². The third-order valence-corrected chi connectivity index (χ3v) is 2.56. The molecule has 0 aliphatic heterocycles. The van der Waals surface area contributed by atoms with Crippen molar-refractivity contribution in [2.75, 3.05) is 13.2 Å². The molecule has 84 valence electrons. The number of hydrogen-bond donors (Lipinski definition) is 4. The van der Waals surface area contributed by atoms with E-state index < -0.39 is 0 Å². The highest BCUT2D eigenvalue weighted by Gasteiger charge is 2.12. The maximum absolute atomic E-state index is 11.3. The summed E-state index contributed by atoms with van der Waals surface area (Å²) in [5.74, 6) is -0.103. The number of aliphatic hydroxyl groups excluding tert-OH is 1. The lowest BCUT2D eigenvalue weighted by Gasteiger charge is -2.11. The SMILES string of the molecule is CC(S)CCCC(S)C(=O)NCCO. The van der Waals surface area contributed by atoms with E-state index in [9.17, 15) is 4.79 Å². The fraction of sp³-hybridized carbons (Fsp3) is 0.889. The Hall–Kier alpha value is 0.130. The van der Waals surface area contributed by atoms with Crippen LogP contribution >= 0.6 is 25.3 Å². The van der Waals surface area contributed by atoms with Gasteiger partial charge in [0.05, 0.1) is 11.9 Å². The molecule has 2 atom stereocenters. The molecule has 0 fully saturated rings. The summed E-state index contributed by atoms with van der Waals surface area (Å²) in [4.78, 5) is 11.3. The average Bonchev–Trinajstić information content (AvgIpc) is 2.13. The standard InChI is InChI=1S/C9H19NO2S2/c1-7(13)3-2-4-8(14)9(12)10-5-6-11/h7-8,11,13-14H,2-6H2,1H3,(H,10,12). The molecule has 0 aromatic heterocycles. The van der Waals surface area contributed by atoms with Gasteiger partial charge in [-0.25, -0.2) is 0 Å². The Bertz CT molecular complexity index is 165. The zero-order chi connectivity index (χ0) is 11.0. The molecule has 0 rings (SSSR count). The largest absolute Gasteiger partial charge is 0.395 e. The molecule has 0 aliphatic rings. The van der Waals surface area contributed by atoms with Crippen LogP contribution in [-0.4, -0.2) is 34.7 Å². The van der Waals surface area contributed by atoms with Crippen LogP contribution in [0.3, 0.4) is 0 Å². The van der Waals surface area contributed by atoms with Crippen molar-refractivity contribution >= 4 is 31.2 Å². The van der Waals surface area contributed by atoms with E-state index in [0.717, 1.165) is 19.3 Å². The fourth-order valence-corrected chi connectivity index (χ4v) is 1.49. The van der Waals surface area contributed by atoms with Gasteiger partial charge in [-0.1, -0.05) is 13.3 Å². The Morgan fingerprint density at radius 1 is 1.43 bits per heavy atom. The molecule has 2 unspecified atom stereocenters. The summed E-state index contributed by atoms with van der Waals surface area (Å²) in [5.41, 5.74) is 0. The summed E-state index contributed by atoms with van der Waals surface area (Å²) < 4.78 is 0. The minimum Gasteiger partial charge on any atom is -0.395 e. The van der Waals surface area contributed by atoms with Gasteiger partial charge in [0, 0.05) is 6.54 Å². The molecule has 3 nitrogen and oxygen atoms in total. The summed E-state index contributed by atoms with van der Waals surface area (Å²) in [7, 11) is 0. The molecule has 0 heterocycles. The van der Waals surface area contributed by atoms with Gasteiger partial charge in [-0.3, -0.25) is 4.79 Å². The molecule has 0 aliphatic carbocycles. The number of hydrogen-bond acceptors (Lipinski definition) is 4. The minimum atomic E-state index is -0.270. The van der Waals surface area contributed by atoms with Crippen LogP contribution in [0.1, 0.15) is 26.2 Å². The van der Waals surface area contributed by atoms with Crippen molar-refractivity contribution < 1.29 is 9.90 Å². The zero-order valence-corrected chi connectivity index (χ0v) is 10.2. The van der Waals surface area contributed by atoms with Crippen molar-refractivity contribution in [1.82, 2.24) is 5.32 Å². The van der Waals surface area contributed by atoms with E-state index in [1.165, 1.54) is 0 Å². The molecule has 0 saturated carbocycles. The van der Waals surface area contributed by atoms with E-state index in [-0.39, 0.29) is 17.8 Å². The smallest absolute Gasteiger partial charge is 0.232 e. The second-order valence-corrected chi connectivity index (χ2v) is 4.82. The van der Waals surface area contributed by atoms with Crippen molar-refractivity contribution in [3.05, 3.63) is 0 Å². The number of thiol groups is 2. The number of carbonyl (C=O) groups excluding carboxylic acids is 1. The normalized spacial score (nSPS) is 14.9. The van der Waals surface area contributed by atoms with Crippen molar-refractivity contribution in [2.45, 2.75) is 36.7 Å². The first kappa shape index (κ1) is 14.1.